The number of carbonyl (C=O) groups is 6. The molecule has 6 saturated carbocycles. The standard InChI is InChI=1S/3C12H15F3O2.Eu/c3*1-10(2)6-4-5-11(10,3)8(16)7(6)9(17)12(13,14)15;/h3*6-7H,4-5H2,1-3H3;. The van der Waals surface area contributed by atoms with Gasteiger partial charge in [-0.25, -0.2) is 0 Å². The van der Waals surface area contributed by atoms with Crippen LogP contribution in [0.25, 0.3) is 0 Å². The molecule has 0 amide bonds. The number of fused-ring (bicyclic) bond motifs is 6. The molecule has 6 rings (SSSR count). The van der Waals surface area contributed by atoms with Gasteiger partial charge in [0.05, 0.1) is 17.8 Å². The van der Waals surface area contributed by atoms with Crippen LogP contribution in [0.2, 0.25) is 0 Å². The van der Waals surface area contributed by atoms with Gasteiger partial charge in [0.1, 0.15) is 17.3 Å². The minimum Gasteiger partial charge on any atom is -0.298 e. The Bertz CT molecular complexity index is 1380. The summed E-state index contributed by atoms with van der Waals surface area (Å²) in [6.07, 6.45) is -11.4. The molecule has 6 nitrogen and oxygen atoms in total. The zero-order valence-corrected chi connectivity index (χ0v) is 32.9. The van der Waals surface area contributed by atoms with E-state index in [1.807, 2.05) is 0 Å². The molecule has 0 spiro atoms. The maximum Gasteiger partial charge on any atom is 0.450 e. The van der Waals surface area contributed by atoms with Crippen LogP contribution in [-0.2, 0) is 28.8 Å². The van der Waals surface area contributed by atoms with E-state index in [0.29, 0.717) is 38.5 Å². The van der Waals surface area contributed by atoms with Gasteiger partial charge in [-0.15, -0.1) is 0 Å². The van der Waals surface area contributed by atoms with E-state index < -0.39 is 121 Å². The SMILES string of the molecule is CC12CCC(C(C(=O)C(F)(F)F)C1=O)C2(C)C.CC12CCC(C(C(=O)C(F)(F)F)C1=O)C2(C)C.CC12CCC(C(C(=O)C(F)(F)F)C1=O)C2(C)C.[Eu]. The number of carbonyl (C=O) groups excluding carboxylic acids is 6. The van der Waals surface area contributed by atoms with E-state index in [2.05, 4.69) is 0 Å². The molecule has 6 fully saturated rings. The fraction of sp³-hybridized carbons (Fsp3) is 0.833. The first-order chi connectivity index (χ1) is 22.6. The van der Waals surface area contributed by atoms with Crippen LogP contribution in [0.3, 0.4) is 0 Å². The number of alkyl halides is 9. The summed E-state index contributed by atoms with van der Waals surface area (Å²) >= 11 is 0. The number of Topliss-reactive ketones (excluding diaryl/α,β-unsaturated/α-hetero) is 6. The van der Waals surface area contributed by atoms with Crippen molar-refractivity contribution in [1.82, 2.24) is 0 Å². The average Bonchev–Trinajstić information content (AvgIpc) is 3.59. The molecular formula is C36H45EuF9O6. The quantitative estimate of drug-likeness (QED) is 0.209. The van der Waals surface area contributed by atoms with Gasteiger partial charge in [0, 0.05) is 65.6 Å². The van der Waals surface area contributed by atoms with Crippen molar-refractivity contribution in [2.75, 3.05) is 0 Å². The van der Waals surface area contributed by atoms with Crippen molar-refractivity contribution in [3.8, 4) is 0 Å². The van der Waals surface area contributed by atoms with Gasteiger partial charge < -0.3 is 0 Å². The van der Waals surface area contributed by atoms with E-state index >= 15 is 0 Å². The van der Waals surface area contributed by atoms with Gasteiger partial charge in [-0.3, -0.25) is 28.8 Å². The van der Waals surface area contributed by atoms with Crippen molar-refractivity contribution < 1.29 is 118 Å². The molecule has 0 aromatic carbocycles. The zero-order chi connectivity index (χ0) is 39.7. The molecule has 6 bridgehead atoms. The Morgan fingerprint density at radius 3 is 0.731 bits per heavy atom. The van der Waals surface area contributed by atoms with E-state index in [9.17, 15) is 68.3 Å². The van der Waals surface area contributed by atoms with Crippen LogP contribution in [0.15, 0.2) is 0 Å². The maximum atomic E-state index is 12.5. The molecule has 9 atom stereocenters. The Labute approximate surface area is 337 Å². The predicted octanol–water partition coefficient (Wildman–Crippen LogP) is 8.28. The second-order valence-corrected chi connectivity index (χ2v) is 17.7. The fourth-order valence-corrected chi connectivity index (χ4v) is 10.7. The number of rotatable bonds is 3. The molecule has 0 N–H and O–H groups in total. The van der Waals surface area contributed by atoms with Crippen LogP contribution in [0.1, 0.15) is 101 Å². The van der Waals surface area contributed by atoms with E-state index in [1.54, 1.807) is 62.3 Å². The second kappa shape index (κ2) is 13.3. The molecule has 0 aliphatic heterocycles. The third-order valence-electron chi connectivity index (χ3n) is 15.3. The molecule has 52 heavy (non-hydrogen) atoms. The first kappa shape index (κ1) is 45.4. The Morgan fingerprint density at radius 1 is 0.442 bits per heavy atom. The number of hydrogen-bond acceptors (Lipinski definition) is 6. The van der Waals surface area contributed by atoms with Gasteiger partial charge in [0.15, 0.2) is 0 Å². The summed E-state index contributed by atoms with van der Waals surface area (Å²) < 4.78 is 112. The monoisotopic (exact) mass is 897 g/mol. The Balaban J connectivity index is 0.000000208. The third-order valence-corrected chi connectivity index (χ3v) is 15.3. The summed E-state index contributed by atoms with van der Waals surface area (Å²) in [5, 5.41) is 0. The van der Waals surface area contributed by atoms with E-state index in [0.717, 1.165) is 0 Å². The van der Waals surface area contributed by atoms with Crippen molar-refractivity contribution in [3.63, 3.8) is 0 Å². The summed E-state index contributed by atoms with van der Waals surface area (Å²) in [6, 6.07) is 0. The maximum absolute atomic E-state index is 12.5. The molecule has 6 aliphatic carbocycles. The van der Waals surface area contributed by atoms with Crippen molar-refractivity contribution in [1.29, 1.82) is 0 Å². The van der Waals surface area contributed by atoms with E-state index in [4.69, 9.17) is 0 Å². The van der Waals surface area contributed by atoms with Crippen molar-refractivity contribution in [2.24, 2.45) is 68.0 Å². The van der Waals surface area contributed by atoms with Gasteiger partial charge in [0.25, 0.3) is 0 Å². The van der Waals surface area contributed by atoms with Gasteiger partial charge in [-0.1, -0.05) is 62.3 Å². The Kier molecular flexibility index (Phi) is 11.6. The summed E-state index contributed by atoms with van der Waals surface area (Å²) in [4.78, 5) is 70.3. The minimum absolute atomic E-state index is 0. The number of ketones is 6. The molecule has 16 heteroatoms. The Morgan fingerprint density at radius 2 is 0.615 bits per heavy atom. The number of hydrogen-bond donors (Lipinski definition) is 0. The predicted molar refractivity (Wildman–Crippen MR) is 163 cm³/mol. The van der Waals surface area contributed by atoms with Crippen molar-refractivity contribution >= 4 is 34.7 Å². The molecule has 0 saturated heterocycles. The normalized spacial score (nSPS) is 39.0. The van der Waals surface area contributed by atoms with Crippen LogP contribution in [0.5, 0.6) is 0 Å². The van der Waals surface area contributed by atoms with E-state index in [-0.39, 0.29) is 49.4 Å². The zero-order valence-electron chi connectivity index (χ0n) is 30.4. The van der Waals surface area contributed by atoms with Gasteiger partial charge >= 0.3 is 18.5 Å². The van der Waals surface area contributed by atoms with Crippen LogP contribution in [0.4, 0.5) is 39.5 Å². The smallest absolute Gasteiger partial charge is 0.298 e. The summed E-state index contributed by atoms with van der Waals surface area (Å²) in [7, 11) is 0. The minimum atomic E-state index is -4.91. The molecular weight excluding hydrogens is 851 g/mol. The molecule has 9 unspecified atom stereocenters. The first-order valence-corrected chi connectivity index (χ1v) is 17.1. The molecule has 295 valence electrons. The van der Waals surface area contributed by atoms with Crippen molar-refractivity contribution in [3.05, 3.63) is 0 Å². The topological polar surface area (TPSA) is 102 Å². The van der Waals surface area contributed by atoms with E-state index in [1.165, 1.54) is 0 Å². The Hall–Kier alpha value is -1.03. The second-order valence-electron chi connectivity index (χ2n) is 17.7. The summed E-state index contributed by atoms with van der Waals surface area (Å²) in [6.45, 7) is 15.9. The van der Waals surface area contributed by atoms with Crippen LogP contribution >= 0.6 is 0 Å². The summed E-state index contributed by atoms with van der Waals surface area (Å²) in [5.41, 5.74) is -3.88. The molecule has 0 heterocycles. The van der Waals surface area contributed by atoms with Crippen LogP contribution in [-0.4, -0.2) is 53.2 Å². The number of halogens is 9. The molecule has 0 aromatic heterocycles. The largest absolute Gasteiger partial charge is 0.450 e. The molecule has 6 aliphatic rings. The van der Waals surface area contributed by atoms with Gasteiger partial charge in [-0.2, -0.15) is 39.5 Å². The average molecular weight is 897 g/mol. The van der Waals surface area contributed by atoms with Crippen LogP contribution in [0, 0.1) is 117 Å². The first-order valence-electron chi connectivity index (χ1n) is 17.1. The van der Waals surface area contributed by atoms with Gasteiger partial charge in [-0.05, 0) is 72.5 Å². The summed E-state index contributed by atoms with van der Waals surface area (Å²) in [5.74, 6) is -12.9. The molecule has 1 radical (unpaired) electrons. The van der Waals surface area contributed by atoms with Crippen molar-refractivity contribution in [2.45, 2.75) is 119 Å². The van der Waals surface area contributed by atoms with Gasteiger partial charge in [0.2, 0.25) is 17.3 Å². The molecule has 0 aromatic rings. The third kappa shape index (κ3) is 6.28. The van der Waals surface area contributed by atoms with Crippen LogP contribution < -0.4 is 0 Å². The fourth-order valence-electron chi connectivity index (χ4n) is 10.7.